The summed E-state index contributed by atoms with van der Waals surface area (Å²) >= 11 is 0. The van der Waals surface area contributed by atoms with Crippen LogP contribution in [0.1, 0.15) is 57.5 Å². The Labute approximate surface area is 149 Å². The highest BCUT2D eigenvalue weighted by molar-refractivity contribution is 6.10. The molecule has 3 rings (SSSR count). The Kier molecular flexibility index (Phi) is 5.28. The van der Waals surface area contributed by atoms with Crippen molar-refractivity contribution in [2.24, 2.45) is 5.92 Å². The van der Waals surface area contributed by atoms with Crippen LogP contribution < -0.4 is 0 Å². The number of carbonyl (C=O) groups is 2. The summed E-state index contributed by atoms with van der Waals surface area (Å²) in [6, 6.07) is 15.4. The van der Waals surface area contributed by atoms with E-state index in [-0.39, 0.29) is 17.5 Å². The molecule has 0 bridgehead atoms. The minimum atomic E-state index is 0.0229. The van der Waals surface area contributed by atoms with Gasteiger partial charge in [0.25, 0.3) is 0 Å². The van der Waals surface area contributed by atoms with Crippen LogP contribution in [0.3, 0.4) is 0 Å². The van der Waals surface area contributed by atoms with E-state index in [0.29, 0.717) is 6.42 Å². The van der Waals surface area contributed by atoms with Crippen LogP contribution in [0, 0.1) is 19.8 Å². The molecule has 0 aromatic heterocycles. The second kappa shape index (κ2) is 7.60. The molecule has 2 aromatic rings. The number of benzene rings is 2. The quantitative estimate of drug-likeness (QED) is 0.679. The normalized spacial score (nSPS) is 17.0. The van der Waals surface area contributed by atoms with Crippen molar-refractivity contribution in [3.8, 4) is 0 Å². The second-order valence-corrected chi connectivity index (χ2v) is 6.98. The van der Waals surface area contributed by atoms with E-state index >= 15 is 0 Å². The van der Waals surface area contributed by atoms with Crippen molar-refractivity contribution < 1.29 is 9.59 Å². The third-order valence-corrected chi connectivity index (χ3v) is 4.88. The van der Waals surface area contributed by atoms with Crippen LogP contribution in [0.25, 0.3) is 0 Å². The monoisotopic (exact) mass is 332 g/mol. The summed E-state index contributed by atoms with van der Waals surface area (Å²) in [5, 5.41) is 0. The van der Waals surface area contributed by atoms with Crippen LogP contribution in [-0.2, 0) is 0 Å². The maximum Gasteiger partial charge on any atom is 0.188 e. The molecular weight excluding hydrogens is 308 g/mol. The summed E-state index contributed by atoms with van der Waals surface area (Å²) in [5.74, 6) is 0.221. The topological polar surface area (TPSA) is 34.1 Å². The summed E-state index contributed by atoms with van der Waals surface area (Å²) in [7, 11) is 0. The van der Waals surface area contributed by atoms with Gasteiger partial charge in [0.15, 0.2) is 11.6 Å². The van der Waals surface area contributed by atoms with E-state index in [4.69, 9.17) is 0 Å². The molecule has 2 heteroatoms. The van der Waals surface area contributed by atoms with Gasteiger partial charge >= 0.3 is 0 Å². The van der Waals surface area contributed by atoms with Crippen molar-refractivity contribution in [1.29, 1.82) is 0 Å². The predicted octanol–water partition coefficient (Wildman–Crippen LogP) is 5.49. The maximum absolute atomic E-state index is 13.0. The highest BCUT2D eigenvalue weighted by Crippen LogP contribution is 2.31. The molecule has 0 radical (unpaired) electrons. The molecule has 0 spiro atoms. The zero-order valence-corrected chi connectivity index (χ0v) is 14.9. The Hall–Kier alpha value is -2.48. The van der Waals surface area contributed by atoms with Crippen LogP contribution in [0.15, 0.2) is 60.2 Å². The number of carbonyl (C=O) groups excluding carboxylic acids is 2. The van der Waals surface area contributed by atoms with Crippen molar-refractivity contribution in [2.75, 3.05) is 0 Å². The predicted molar refractivity (Wildman–Crippen MR) is 101 cm³/mol. The first kappa shape index (κ1) is 17.3. The highest BCUT2D eigenvalue weighted by atomic mass is 16.1. The fraction of sp³-hybridized carbons (Fsp3) is 0.304. The van der Waals surface area contributed by atoms with Gasteiger partial charge in [-0.05, 0) is 56.7 Å². The Morgan fingerprint density at radius 2 is 1.60 bits per heavy atom. The SMILES string of the molecule is Cc1cccc(C(=O)C[C@@H]2CCCC=C2C(=O)c2cccc(C)c2)c1. The van der Waals surface area contributed by atoms with Crippen molar-refractivity contribution in [3.63, 3.8) is 0 Å². The van der Waals surface area contributed by atoms with Gasteiger partial charge < -0.3 is 0 Å². The molecule has 0 unspecified atom stereocenters. The highest BCUT2D eigenvalue weighted by Gasteiger charge is 2.26. The van der Waals surface area contributed by atoms with Gasteiger partial charge in [0.05, 0.1) is 0 Å². The number of Topliss-reactive ketones (excluding diaryl/α,β-unsaturated/α-hetero) is 2. The third-order valence-electron chi connectivity index (χ3n) is 4.88. The minimum absolute atomic E-state index is 0.0229. The van der Waals surface area contributed by atoms with Gasteiger partial charge in [-0.1, -0.05) is 53.6 Å². The van der Waals surface area contributed by atoms with Crippen molar-refractivity contribution in [2.45, 2.75) is 39.5 Å². The third kappa shape index (κ3) is 4.14. The molecule has 0 N–H and O–H groups in total. The first-order valence-corrected chi connectivity index (χ1v) is 8.96. The van der Waals surface area contributed by atoms with Crippen molar-refractivity contribution in [3.05, 3.63) is 82.4 Å². The molecule has 1 atom stereocenters. The average Bonchev–Trinajstić information content (AvgIpc) is 2.61. The first-order chi connectivity index (χ1) is 12.0. The summed E-state index contributed by atoms with van der Waals surface area (Å²) in [5.41, 5.74) is 4.45. The lowest BCUT2D eigenvalue weighted by atomic mass is 9.80. The summed E-state index contributed by atoms with van der Waals surface area (Å²) < 4.78 is 0. The Morgan fingerprint density at radius 1 is 0.960 bits per heavy atom. The molecule has 0 saturated carbocycles. The fourth-order valence-electron chi connectivity index (χ4n) is 3.55. The van der Waals surface area contributed by atoms with Crippen LogP contribution in [0.2, 0.25) is 0 Å². The number of hydrogen-bond donors (Lipinski definition) is 0. The molecule has 0 fully saturated rings. The molecule has 1 aliphatic rings. The molecule has 2 aromatic carbocycles. The maximum atomic E-state index is 13.0. The van der Waals surface area contributed by atoms with E-state index in [1.54, 1.807) is 0 Å². The number of ketones is 2. The van der Waals surface area contributed by atoms with E-state index in [2.05, 4.69) is 0 Å². The van der Waals surface area contributed by atoms with E-state index < -0.39 is 0 Å². The molecule has 0 saturated heterocycles. The molecule has 2 nitrogen and oxygen atoms in total. The largest absolute Gasteiger partial charge is 0.294 e. The van der Waals surface area contributed by atoms with E-state index in [1.807, 2.05) is 68.5 Å². The number of rotatable bonds is 5. The van der Waals surface area contributed by atoms with Gasteiger partial charge in [0.1, 0.15) is 0 Å². The van der Waals surface area contributed by atoms with Gasteiger partial charge in [-0.2, -0.15) is 0 Å². The van der Waals surface area contributed by atoms with Crippen molar-refractivity contribution in [1.82, 2.24) is 0 Å². The number of allylic oxidation sites excluding steroid dienone is 2. The summed E-state index contributed by atoms with van der Waals surface area (Å²) in [6.07, 6.45) is 5.31. The molecule has 25 heavy (non-hydrogen) atoms. The number of hydrogen-bond acceptors (Lipinski definition) is 2. The lowest BCUT2D eigenvalue weighted by Gasteiger charge is -2.23. The Balaban J connectivity index is 1.80. The second-order valence-electron chi connectivity index (χ2n) is 6.98. The van der Waals surface area contributed by atoms with Crippen LogP contribution in [0.4, 0.5) is 0 Å². The number of aryl methyl sites for hydroxylation is 2. The molecule has 0 amide bonds. The van der Waals surface area contributed by atoms with Crippen molar-refractivity contribution >= 4 is 11.6 Å². The molecule has 0 heterocycles. The van der Waals surface area contributed by atoms with Gasteiger partial charge in [-0.3, -0.25) is 9.59 Å². The molecular formula is C23H24O2. The van der Waals surface area contributed by atoms with Gasteiger partial charge in [0, 0.05) is 17.5 Å². The minimum Gasteiger partial charge on any atom is -0.294 e. The first-order valence-electron chi connectivity index (χ1n) is 8.96. The molecule has 128 valence electrons. The summed E-state index contributed by atoms with van der Waals surface area (Å²) in [4.78, 5) is 25.6. The van der Waals surface area contributed by atoms with Crippen LogP contribution >= 0.6 is 0 Å². The van der Waals surface area contributed by atoms with Crippen LogP contribution in [-0.4, -0.2) is 11.6 Å². The smallest absolute Gasteiger partial charge is 0.188 e. The lowest BCUT2D eigenvalue weighted by Crippen LogP contribution is -2.20. The van der Waals surface area contributed by atoms with E-state index in [1.165, 1.54) is 0 Å². The average molecular weight is 332 g/mol. The molecule has 1 aliphatic carbocycles. The van der Waals surface area contributed by atoms with Gasteiger partial charge in [-0.15, -0.1) is 0 Å². The van der Waals surface area contributed by atoms with E-state index in [0.717, 1.165) is 47.1 Å². The van der Waals surface area contributed by atoms with Crippen LogP contribution in [0.5, 0.6) is 0 Å². The lowest BCUT2D eigenvalue weighted by molar-refractivity contribution is 0.0953. The van der Waals surface area contributed by atoms with Gasteiger partial charge in [-0.25, -0.2) is 0 Å². The fourth-order valence-corrected chi connectivity index (χ4v) is 3.55. The van der Waals surface area contributed by atoms with Gasteiger partial charge in [0.2, 0.25) is 0 Å². The van der Waals surface area contributed by atoms with E-state index in [9.17, 15) is 9.59 Å². The zero-order chi connectivity index (χ0) is 17.8. The summed E-state index contributed by atoms with van der Waals surface area (Å²) in [6.45, 7) is 3.98. The molecule has 0 aliphatic heterocycles. The Bertz CT molecular complexity index is 829. The Morgan fingerprint density at radius 3 is 2.28 bits per heavy atom. The zero-order valence-electron chi connectivity index (χ0n) is 14.9. The standard InChI is InChI=1S/C23H24O2/c1-16-7-5-10-19(13-16)22(24)15-18-9-3-4-12-21(18)23(25)20-11-6-8-17(2)14-20/h5-8,10-14,18H,3-4,9,15H2,1-2H3/t18-/m0/s1.